The van der Waals surface area contributed by atoms with Crippen molar-refractivity contribution in [2.24, 2.45) is 0 Å². The second-order valence-corrected chi connectivity index (χ2v) is 4.91. The Morgan fingerprint density at radius 1 is 1.44 bits per heavy atom. The summed E-state index contributed by atoms with van der Waals surface area (Å²) in [5.74, 6) is 1.68. The molecule has 0 saturated heterocycles. The molecule has 16 heavy (non-hydrogen) atoms. The molecule has 2 rings (SSSR count). The predicted octanol–water partition coefficient (Wildman–Crippen LogP) is 3.61. The van der Waals surface area contributed by atoms with Crippen LogP contribution in [-0.4, -0.2) is 17.3 Å². The summed E-state index contributed by atoms with van der Waals surface area (Å²) in [4.78, 5) is 4.01. The van der Waals surface area contributed by atoms with Crippen LogP contribution in [0.15, 0.2) is 50.8 Å². The lowest BCUT2D eigenvalue weighted by atomic mass is 10.3. The Bertz CT molecular complexity index is 433. The largest absolute Gasteiger partial charge is 0.493 e. The van der Waals surface area contributed by atoms with Gasteiger partial charge in [-0.1, -0.05) is 33.8 Å². The third-order valence-electron chi connectivity index (χ3n) is 1.78. The number of nitrogens with zero attached hydrogens (tertiary/aromatic N) is 1. The summed E-state index contributed by atoms with van der Waals surface area (Å²) < 4.78 is 11.7. The van der Waals surface area contributed by atoms with E-state index in [0.717, 1.165) is 16.0 Å². The van der Waals surface area contributed by atoms with Crippen LogP contribution in [0, 0.1) is 0 Å². The minimum absolute atomic E-state index is 0.628. The fourth-order valence-electron chi connectivity index (χ4n) is 1.13. The van der Waals surface area contributed by atoms with Gasteiger partial charge in [0, 0.05) is 10.2 Å². The molecular weight excluding hydrogens is 290 g/mol. The van der Waals surface area contributed by atoms with Crippen molar-refractivity contribution in [3.05, 3.63) is 41.2 Å². The Labute approximate surface area is 106 Å². The monoisotopic (exact) mass is 299 g/mol. The van der Waals surface area contributed by atoms with Crippen LogP contribution in [0.2, 0.25) is 0 Å². The zero-order chi connectivity index (χ0) is 11.2. The summed E-state index contributed by atoms with van der Waals surface area (Å²) in [7, 11) is 0. The number of hydrogen-bond donors (Lipinski definition) is 0. The molecule has 1 aromatic heterocycles. The topological polar surface area (TPSA) is 35.3 Å². The molecule has 2 aromatic rings. The predicted molar refractivity (Wildman–Crippen MR) is 66.9 cm³/mol. The number of benzene rings is 1. The summed E-state index contributed by atoms with van der Waals surface area (Å²) in [6.45, 7) is 0.628. The smallest absolute Gasteiger partial charge is 0.255 e. The number of rotatable bonds is 5. The van der Waals surface area contributed by atoms with Crippen LogP contribution in [0.25, 0.3) is 0 Å². The van der Waals surface area contributed by atoms with Gasteiger partial charge in [0.2, 0.25) is 0 Å². The van der Waals surface area contributed by atoms with Crippen LogP contribution in [-0.2, 0) is 0 Å². The summed E-state index contributed by atoms with van der Waals surface area (Å²) in [6, 6.07) is 7.78. The van der Waals surface area contributed by atoms with Gasteiger partial charge in [0.25, 0.3) is 5.22 Å². The maximum absolute atomic E-state index is 5.56. The average Bonchev–Trinajstić information content (AvgIpc) is 2.77. The summed E-state index contributed by atoms with van der Waals surface area (Å²) in [5, 5.41) is 0.679. The third kappa shape index (κ3) is 3.57. The molecule has 1 heterocycles. The molecule has 0 spiro atoms. The molecule has 0 amide bonds. The molecule has 0 atom stereocenters. The van der Waals surface area contributed by atoms with E-state index in [4.69, 9.17) is 9.15 Å². The highest BCUT2D eigenvalue weighted by Gasteiger charge is 1.99. The van der Waals surface area contributed by atoms with E-state index in [0.29, 0.717) is 11.8 Å². The van der Waals surface area contributed by atoms with Gasteiger partial charge in [-0.05, 0) is 18.2 Å². The minimum atomic E-state index is 0.628. The molecule has 0 saturated carbocycles. The van der Waals surface area contributed by atoms with Crippen LogP contribution >= 0.6 is 27.7 Å². The third-order valence-corrected chi connectivity index (χ3v) is 3.10. The number of oxazole rings is 1. The molecule has 0 aliphatic carbocycles. The number of thioether (sulfide) groups is 1. The molecule has 5 heteroatoms. The van der Waals surface area contributed by atoms with E-state index in [9.17, 15) is 0 Å². The van der Waals surface area contributed by atoms with Crippen molar-refractivity contribution in [3.63, 3.8) is 0 Å². The van der Waals surface area contributed by atoms with Crippen molar-refractivity contribution in [2.45, 2.75) is 5.22 Å². The van der Waals surface area contributed by atoms with E-state index >= 15 is 0 Å². The van der Waals surface area contributed by atoms with Gasteiger partial charge < -0.3 is 9.15 Å². The summed E-state index contributed by atoms with van der Waals surface area (Å²) in [6.07, 6.45) is 3.20. The van der Waals surface area contributed by atoms with Crippen molar-refractivity contribution < 1.29 is 9.15 Å². The van der Waals surface area contributed by atoms with Crippen molar-refractivity contribution in [2.75, 3.05) is 12.4 Å². The van der Waals surface area contributed by atoms with Crippen LogP contribution in [0.4, 0.5) is 0 Å². The zero-order valence-electron chi connectivity index (χ0n) is 8.43. The van der Waals surface area contributed by atoms with Gasteiger partial charge in [0.05, 0.1) is 12.8 Å². The van der Waals surface area contributed by atoms with Crippen LogP contribution < -0.4 is 4.74 Å². The first-order chi connectivity index (χ1) is 7.84. The minimum Gasteiger partial charge on any atom is -0.493 e. The molecule has 84 valence electrons. The van der Waals surface area contributed by atoms with Gasteiger partial charge >= 0.3 is 0 Å². The number of ether oxygens (including phenoxy) is 1. The van der Waals surface area contributed by atoms with Gasteiger partial charge in [0.15, 0.2) is 0 Å². The van der Waals surface area contributed by atoms with Crippen LogP contribution in [0.1, 0.15) is 0 Å². The average molecular weight is 300 g/mol. The maximum atomic E-state index is 5.56. The Hall–Kier alpha value is -0.940. The van der Waals surface area contributed by atoms with E-state index in [1.807, 2.05) is 24.3 Å². The lowest BCUT2D eigenvalue weighted by Crippen LogP contribution is -1.99. The Morgan fingerprint density at radius 3 is 3.12 bits per heavy atom. The molecule has 0 fully saturated rings. The highest BCUT2D eigenvalue weighted by Crippen LogP contribution is 2.19. The van der Waals surface area contributed by atoms with E-state index in [2.05, 4.69) is 20.9 Å². The molecule has 0 bridgehead atoms. The van der Waals surface area contributed by atoms with E-state index < -0.39 is 0 Å². The highest BCUT2D eigenvalue weighted by atomic mass is 79.9. The molecule has 0 radical (unpaired) electrons. The second kappa shape index (κ2) is 5.96. The number of halogens is 1. The van der Waals surface area contributed by atoms with Crippen molar-refractivity contribution >= 4 is 27.7 Å². The zero-order valence-corrected chi connectivity index (χ0v) is 10.8. The lowest BCUT2D eigenvalue weighted by Gasteiger charge is -2.04. The second-order valence-electron chi connectivity index (χ2n) is 2.95. The van der Waals surface area contributed by atoms with Crippen molar-refractivity contribution in [3.8, 4) is 5.75 Å². The Kier molecular flexibility index (Phi) is 4.30. The van der Waals surface area contributed by atoms with Gasteiger partial charge in [0.1, 0.15) is 12.0 Å². The summed E-state index contributed by atoms with van der Waals surface area (Å²) in [5.41, 5.74) is 0. The van der Waals surface area contributed by atoms with Gasteiger partial charge in [-0.2, -0.15) is 0 Å². The van der Waals surface area contributed by atoms with Gasteiger partial charge in [-0.15, -0.1) is 0 Å². The van der Waals surface area contributed by atoms with E-state index in [1.54, 1.807) is 12.5 Å². The van der Waals surface area contributed by atoms with Crippen molar-refractivity contribution in [1.29, 1.82) is 0 Å². The lowest BCUT2D eigenvalue weighted by molar-refractivity contribution is 0.343. The first-order valence-electron chi connectivity index (χ1n) is 4.75. The number of aromatic nitrogens is 1. The normalized spacial score (nSPS) is 10.3. The standard InChI is InChI=1S/C11H10BrNO2S/c12-9-2-1-3-10(8-9)14-6-7-16-11-13-4-5-15-11/h1-5,8H,6-7H2. The summed E-state index contributed by atoms with van der Waals surface area (Å²) >= 11 is 4.93. The highest BCUT2D eigenvalue weighted by molar-refractivity contribution is 9.10. The molecule has 0 unspecified atom stereocenters. The molecule has 1 aromatic carbocycles. The first-order valence-corrected chi connectivity index (χ1v) is 6.53. The SMILES string of the molecule is Brc1cccc(OCCSc2ncco2)c1. The Morgan fingerprint density at radius 2 is 2.38 bits per heavy atom. The molecular formula is C11H10BrNO2S. The van der Waals surface area contributed by atoms with Crippen LogP contribution in [0.5, 0.6) is 5.75 Å². The molecule has 3 nitrogen and oxygen atoms in total. The van der Waals surface area contributed by atoms with E-state index in [-0.39, 0.29) is 0 Å². The van der Waals surface area contributed by atoms with Gasteiger partial charge in [-0.3, -0.25) is 0 Å². The van der Waals surface area contributed by atoms with E-state index in [1.165, 1.54) is 11.8 Å². The van der Waals surface area contributed by atoms with Gasteiger partial charge in [-0.25, -0.2) is 4.98 Å². The molecule has 0 aliphatic rings. The first kappa shape index (κ1) is 11.5. The molecule has 0 aliphatic heterocycles. The molecule has 0 N–H and O–H groups in total. The van der Waals surface area contributed by atoms with Crippen molar-refractivity contribution in [1.82, 2.24) is 4.98 Å². The quantitative estimate of drug-likeness (QED) is 0.624. The van der Waals surface area contributed by atoms with Crippen LogP contribution in [0.3, 0.4) is 0 Å². The number of hydrogen-bond acceptors (Lipinski definition) is 4. The Balaban J connectivity index is 1.72. The fraction of sp³-hybridized carbons (Fsp3) is 0.182. The fourth-order valence-corrected chi connectivity index (χ4v) is 2.11. The maximum Gasteiger partial charge on any atom is 0.255 e.